The molecule has 4 rings (SSSR count). The van der Waals surface area contributed by atoms with Crippen molar-refractivity contribution in [1.82, 2.24) is 20.9 Å². The van der Waals surface area contributed by atoms with Crippen molar-refractivity contribution in [2.24, 2.45) is 52.6 Å². The number of pyridine rings is 1. The first-order valence-electron chi connectivity index (χ1n) is 17.5. The second-order valence-electron chi connectivity index (χ2n) is 15.0. The minimum Gasteiger partial charge on any atom is -0.355 e. The Hall–Kier alpha value is -3.26. The Kier molecular flexibility index (Phi) is 12.8. The van der Waals surface area contributed by atoms with Gasteiger partial charge in [0.05, 0.1) is 6.04 Å². The van der Waals surface area contributed by atoms with Crippen LogP contribution in [0.15, 0.2) is 54.7 Å². The average molecular weight is 632 g/mol. The standard InChI is InChI=1S/C38H57N5O3/c1-25(2)29-16-15-27(22-30(29)35(44)41-20-18-39)23-38(4,5)32-17-14-26(3)21-31(32)36(45)42-24-34(28-11-7-6-8-12-28)43-37(46)33-13-9-10-19-40-33/h6-13,19,25-27,29-32,34H,14-18,20-24,39H2,1-5H3,(H,41,44)(H,42,45)(H,43,46)/t26-,27-,29+,30-,31-,32-,34-/m1/s1. The number of nitrogens with zero attached hydrogens (tertiary/aromatic N) is 1. The van der Waals surface area contributed by atoms with Crippen LogP contribution in [0.5, 0.6) is 0 Å². The van der Waals surface area contributed by atoms with Crippen molar-refractivity contribution in [1.29, 1.82) is 0 Å². The molecule has 1 aromatic carbocycles. The SMILES string of the molecule is CC(C)[C@@H]1CC[C@@H](CC(C)(C)[C@@H]2CC[C@@H](C)C[C@H]2C(=O)NC[C@@H](NC(=O)c2ccccn2)c2ccccc2)C[C@H]1C(=O)NCCN. The van der Waals surface area contributed by atoms with Gasteiger partial charge in [0.2, 0.25) is 11.8 Å². The predicted molar refractivity (Wildman–Crippen MR) is 184 cm³/mol. The summed E-state index contributed by atoms with van der Waals surface area (Å²) in [5.41, 5.74) is 6.91. The van der Waals surface area contributed by atoms with Crippen molar-refractivity contribution in [3.8, 4) is 0 Å². The maximum Gasteiger partial charge on any atom is 0.270 e. The molecule has 2 aliphatic rings. The predicted octanol–water partition coefficient (Wildman–Crippen LogP) is 5.90. The summed E-state index contributed by atoms with van der Waals surface area (Å²) in [7, 11) is 0. The second kappa shape index (κ2) is 16.5. The summed E-state index contributed by atoms with van der Waals surface area (Å²) in [4.78, 5) is 44.5. The maximum absolute atomic E-state index is 14.0. The molecule has 2 aromatic rings. The lowest BCUT2D eigenvalue weighted by Crippen LogP contribution is -2.47. The number of nitrogens with one attached hydrogen (secondary N) is 3. The highest BCUT2D eigenvalue weighted by molar-refractivity contribution is 5.92. The molecule has 0 radical (unpaired) electrons. The minimum absolute atomic E-state index is 0.0165. The summed E-state index contributed by atoms with van der Waals surface area (Å²) >= 11 is 0. The monoisotopic (exact) mass is 631 g/mol. The zero-order valence-electron chi connectivity index (χ0n) is 28.6. The second-order valence-corrected chi connectivity index (χ2v) is 15.0. The van der Waals surface area contributed by atoms with E-state index in [9.17, 15) is 14.4 Å². The fourth-order valence-electron chi connectivity index (χ4n) is 8.39. The van der Waals surface area contributed by atoms with Crippen LogP contribution in [0.3, 0.4) is 0 Å². The van der Waals surface area contributed by atoms with Crippen molar-refractivity contribution < 1.29 is 14.4 Å². The molecule has 3 amide bonds. The van der Waals surface area contributed by atoms with Gasteiger partial charge in [-0.05, 0) is 84.8 Å². The number of hydrogen-bond acceptors (Lipinski definition) is 5. The number of nitrogens with two attached hydrogens (primary N) is 1. The van der Waals surface area contributed by atoms with Gasteiger partial charge in [-0.1, -0.05) is 83.9 Å². The van der Waals surface area contributed by atoms with Crippen LogP contribution < -0.4 is 21.7 Å². The van der Waals surface area contributed by atoms with Crippen LogP contribution in [0.1, 0.15) is 102 Å². The largest absolute Gasteiger partial charge is 0.355 e. The van der Waals surface area contributed by atoms with Gasteiger partial charge in [0.25, 0.3) is 5.91 Å². The van der Waals surface area contributed by atoms with Gasteiger partial charge in [-0.15, -0.1) is 0 Å². The number of amides is 3. The van der Waals surface area contributed by atoms with E-state index in [1.165, 1.54) is 0 Å². The van der Waals surface area contributed by atoms with E-state index in [-0.39, 0.29) is 46.9 Å². The van der Waals surface area contributed by atoms with Gasteiger partial charge in [0, 0.05) is 37.7 Å². The Balaban J connectivity index is 1.45. The fraction of sp³-hybridized carbons (Fsp3) is 0.632. The Labute approximate surface area is 276 Å². The normalized spacial score (nSPS) is 25.8. The van der Waals surface area contributed by atoms with Crippen molar-refractivity contribution in [3.63, 3.8) is 0 Å². The minimum atomic E-state index is -0.384. The van der Waals surface area contributed by atoms with E-state index in [0.29, 0.717) is 49.0 Å². The van der Waals surface area contributed by atoms with Gasteiger partial charge in [-0.3, -0.25) is 19.4 Å². The van der Waals surface area contributed by atoms with Gasteiger partial charge in [-0.2, -0.15) is 0 Å². The van der Waals surface area contributed by atoms with E-state index >= 15 is 0 Å². The molecule has 5 N–H and O–H groups in total. The van der Waals surface area contributed by atoms with E-state index in [1.54, 1.807) is 24.4 Å². The highest BCUT2D eigenvalue weighted by atomic mass is 16.2. The zero-order valence-corrected chi connectivity index (χ0v) is 28.6. The molecule has 8 nitrogen and oxygen atoms in total. The lowest BCUT2D eigenvalue weighted by molar-refractivity contribution is -0.131. The summed E-state index contributed by atoms with van der Waals surface area (Å²) in [6.45, 7) is 12.7. The molecule has 0 spiro atoms. The molecule has 2 fully saturated rings. The van der Waals surface area contributed by atoms with Crippen molar-refractivity contribution in [2.75, 3.05) is 19.6 Å². The summed E-state index contributed by atoms with van der Waals surface area (Å²) in [6.07, 6.45) is 8.71. The molecule has 0 aliphatic heterocycles. The summed E-state index contributed by atoms with van der Waals surface area (Å²) < 4.78 is 0. The van der Waals surface area contributed by atoms with Crippen LogP contribution in [0, 0.1) is 46.8 Å². The topological polar surface area (TPSA) is 126 Å². The molecular weight excluding hydrogens is 574 g/mol. The molecule has 2 aliphatic carbocycles. The van der Waals surface area contributed by atoms with Crippen molar-refractivity contribution in [3.05, 3.63) is 66.0 Å². The van der Waals surface area contributed by atoms with Gasteiger partial charge in [0.15, 0.2) is 0 Å². The van der Waals surface area contributed by atoms with Gasteiger partial charge in [0.1, 0.15) is 5.69 Å². The van der Waals surface area contributed by atoms with Gasteiger partial charge >= 0.3 is 0 Å². The molecule has 0 unspecified atom stereocenters. The number of benzene rings is 1. The van der Waals surface area contributed by atoms with E-state index in [2.05, 4.69) is 55.6 Å². The third-order valence-electron chi connectivity index (χ3n) is 10.8. The number of aromatic nitrogens is 1. The average Bonchev–Trinajstić information content (AvgIpc) is 3.05. The molecule has 2 saturated carbocycles. The molecule has 0 saturated heterocycles. The number of carbonyl (C=O) groups excluding carboxylic acids is 3. The molecular formula is C38H57N5O3. The van der Waals surface area contributed by atoms with Crippen LogP contribution in [-0.2, 0) is 9.59 Å². The van der Waals surface area contributed by atoms with Crippen LogP contribution >= 0.6 is 0 Å². The molecule has 7 atom stereocenters. The third-order valence-corrected chi connectivity index (χ3v) is 10.8. The lowest BCUT2D eigenvalue weighted by Gasteiger charge is -2.47. The molecule has 46 heavy (non-hydrogen) atoms. The van der Waals surface area contributed by atoms with E-state index in [1.807, 2.05) is 30.3 Å². The highest BCUT2D eigenvalue weighted by Gasteiger charge is 2.45. The van der Waals surface area contributed by atoms with Crippen molar-refractivity contribution >= 4 is 17.7 Å². The number of hydrogen-bond donors (Lipinski definition) is 4. The first-order chi connectivity index (χ1) is 22.0. The fourth-order valence-corrected chi connectivity index (χ4v) is 8.39. The van der Waals surface area contributed by atoms with Crippen LogP contribution in [0.25, 0.3) is 0 Å². The first-order valence-corrected chi connectivity index (χ1v) is 17.5. The van der Waals surface area contributed by atoms with Gasteiger partial charge < -0.3 is 21.7 Å². The number of rotatable bonds is 13. The molecule has 8 heteroatoms. The zero-order chi connectivity index (χ0) is 33.3. The Bertz CT molecular complexity index is 1270. The highest BCUT2D eigenvalue weighted by Crippen LogP contribution is 2.50. The van der Waals surface area contributed by atoms with Crippen LogP contribution in [-0.4, -0.2) is 42.3 Å². The smallest absolute Gasteiger partial charge is 0.270 e. The number of carbonyl (C=O) groups is 3. The van der Waals surface area contributed by atoms with E-state index in [4.69, 9.17) is 5.73 Å². The Morgan fingerprint density at radius 3 is 2.30 bits per heavy atom. The molecule has 1 heterocycles. The van der Waals surface area contributed by atoms with E-state index in [0.717, 1.165) is 50.5 Å². The maximum atomic E-state index is 14.0. The quantitative estimate of drug-likeness (QED) is 0.219. The summed E-state index contributed by atoms with van der Waals surface area (Å²) in [5.74, 6) is 1.90. The Morgan fingerprint density at radius 1 is 0.913 bits per heavy atom. The van der Waals surface area contributed by atoms with Gasteiger partial charge in [-0.25, -0.2) is 0 Å². The van der Waals surface area contributed by atoms with E-state index < -0.39 is 0 Å². The molecule has 1 aromatic heterocycles. The van der Waals surface area contributed by atoms with Crippen LogP contribution in [0.2, 0.25) is 0 Å². The Morgan fingerprint density at radius 2 is 1.63 bits per heavy atom. The summed E-state index contributed by atoms with van der Waals surface area (Å²) in [6, 6.07) is 14.7. The first kappa shape index (κ1) is 35.6. The summed E-state index contributed by atoms with van der Waals surface area (Å²) in [5, 5.41) is 9.42. The van der Waals surface area contributed by atoms with Crippen LogP contribution in [0.4, 0.5) is 0 Å². The molecule has 0 bridgehead atoms. The van der Waals surface area contributed by atoms with Crippen molar-refractivity contribution in [2.45, 2.75) is 85.6 Å². The lowest BCUT2D eigenvalue weighted by atomic mass is 9.58. The molecule has 252 valence electrons. The third kappa shape index (κ3) is 9.40.